The predicted molar refractivity (Wildman–Crippen MR) is 68.5 cm³/mol. The van der Waals surface area contributed by atoms with E-state index in [1.807, 2.05) is 18.3 Å². The molecule has 2 rings (SSSR count). The summed E-state index contributed by atoms with van der Waals surface area (Å²) in [4.78, 5) is 4.46. The molecule has 0 aliphatic heterocycles. The van der Waals surface area contributed by atoms with E-state index < -0.39 is 0 Å². The van der Waals surface area contributed by atoms with E-state index in [2.05, 4.69) is 55.4 Å². The highest BCUT2D eigenvalue weighted by molar-refractivity contribution is 5.82. The molecule has 1 aromatic heterocycles. The number of aromatic nitrogens is 1. The van der Waals surface area contributed by atoms with Crippen molar-refractivity contribution in [1.29, 1.82) is 0 Å². The van der Waals surface area contributed by atoms with Gasteiger partial charge in [-0.15, -0.1) is 5.73 Å². The van der Waals surface area contributed by atoms with Crippen LogP contribution in [0, 0.1) is 0 Å². The molecule has 80 valence electrons. The van der Waals surface area contributed by atoms with Gasteiger partial charge in [-0.1, -0.05) is 44.7 Å². The number of fused-ring (bicyclic) bond motifs is 1. The molecule has 0 N–H and O–H groups in total. The average molecular weight is 209 g/mol. The van der Waals surface area contributed by atoms with Crippen LogP contribution in [-0.2, 0) is 5.41 Å². The summed E-state index contributed by atoms with van der Waals surface area (Å²) in [6, 6.07) is 10.3. The van der Waals surface area contributed by atoms with E-state index in [4.69, 9.17) is 0 Å². The van der Waals surface area contributed by atoms with Gasteiger partial charge in [0.2, 0.25) is 0 Å². The summed E-state index contributed by atoms with van der Waals surface area (Å²) in [5.41, 5.74) is 5.05. The highest BCUT2D eigenvalue weighted by Crippen LogP contribution is 2.29. The molecule has 0 aliphatic rings. The molecule has 0 aliphatic carbocycles. The minimum atomic E-state index is -0.0877. The lowest BCUT2D eigenvalue weighted by Crippen LogP contribution is -2.13. The maximum absolute atomic E-state index is 4.46. The first-order chi connectivity index (χ1) is 7.65. The van der Waals surface area contributed by atoms with E-state index in [1.54, 1.807) is 0 Å². The van der Waals surface area contributed by atoms with Crippen molar-refractivity contribution in [3.63, 3.8) is 0 Å². The maximum Gasteiger partial charge on any atom is 0.0742 e. The molecule has 0 bridgehead atoms. The Morgan fingerprint density at radius 3 is 2.75 bits per heavy atom. The second-order valence-corrected chi connectivity index (χ2v) is 4.45. The van der Waals surface area contributed by atoms with E-state index in [1.165, 1.54) is 10.9 Å². The summed E-state index contributed by atoms with van der Waals surface area (Å²) in [6.45, 7) is 7.95. The molecular weight excluding hydrogens is 194 g/mol. The molecule has 0 atom stereocenters. The van der Waals surface area contributed by atoms with Gasteiger partial charge in [-0.3, -0.25) is 4.98 Å². The number of para-hydroxylation sites is 1. The van der Waals surface area contributed by atoms with E-state index >= 15 is 0 Å². The van der Waals surface area contributed by atoms with Gasteiger partial charge in [-0.2, -0.15) is 0 Å². The zero-order valence-electron chi connectivity index (χ0n) is 9.70. The number of nitrogens with zero attached hydrogens (tertiary/aromatic N) is 1. The smallest absolute Gasteiger partial charge is 0.0742 e. The minimum Gasteiger partial charge on any atom is -0.256 e. The molecule has 0 saturated heterocycles. The summed E-state index contributed by atoms with van der Waals surface area (Å²) in [7, 11) is 0. The lowest BCUT2D eigenvalue weighted by molar-refractivity contribution is 0.676. The summed E-state index contributed by atoms with van der Waals surface area (Å²) in [6.07, 6.45) is 3.82. The number of benzene rings is 1. The van der Waals surface area contributed by atoms with E-state index in [0.717, 1.165) is 5.52 Å². The van der Waals surface area contributed by atoms with Crippen molar-refractivity contribution in [3.8, 4) is 0 Å². The Morgan fingerprint density at radius 2 is 2.00 bits per heavy atom. The lowest BCUT2D eigenvalue weighted by atomic mass is 9.83. The molecule has 0 radical (unpaired) electrons. The van der Waals surface area contributed by atoms with Crippen LogP contribution in [0.25, 0.3) is 10.9 Å². The van der Waals surface area contributed by atoms with Gasteiger partial charge in [0, 0.05) is 17.0 Å². The SMILES string of the molecule is C=C=CC(C)(C)c1cccc2cccnc12. The van der Waals surface area contributed by atoms with Gasteiger partial charge in [-0.25, -0.2) is 0 Å². The molecule has 0 unspecified atom stereocenters. The number of hydrogen-bond acceptors (Lipinski definition) is 1. The fourth-order valence-corrected chi connectivity index (χ4v) is 1.96. The quantitative estimate of drug-likeness (QED) is 0.684. The van der Waals surface area contributed by atoms with Crippen molar-refractivity contribution in [2.24, 2.45) is 0 Å². The van der Waals surface area contributed by atoms with Crippen molar-refractivity contribution in [1.82, 2.24) is 4.98 Å². The number of hydrogen-bond donors (Lipinski definition) is 0. The Hall–Kier alpha value is -1.85. The van der Waals surface area contributed by atoms with E-state index in [0.29, 0.717) is 0 Å². The highest BCUT2D eigenvalue weighted by Gasteiger charge is 2.19. The van der Waals surface area contributed by atoms with E-state index in [9.17, 15) is 0 Å². The van der Waals surface area contributed by atoms with Gasteiger partial charge in [0.1, 0.15) is 0 Å². The second-order valence-electron chi connectivity index (χ2n) is 4.45. The minimum absolute atomic E-state index is 0.0877. The summed E-state index contributed by atoms with van der Waals surface area (Å²) >= 11 is 0. The topological polar surface area (TPSA) is 12.9 Å². The molecule has 1 heterocycles. The van der Waals surface area contributed by atoms with Gasteiger partial charge in [-0.05, 0) is 17.7 Å². The van der Waals surface area contributed by atoms with Crippen molar-refractivity contribution in [3.05, 3.63) is 60.5 Å². The monoisotopic (exact) mass is 209 g/mol. The van der Waals surface area contributed by atoms with Gasteiger partial charge in [0.25, 0.3) is 0 Å². The zero-order chi connectivity index (χ0) is 11.6. The molecule has 2 aromatic rings. The summed E-state index contributed by atoms with van der Waals surface area (Å²) < 4.78 is 0. The van der Waals surface area contributed by atoms with Crippen LogP contribution in [0.5, 0.6) is 0 Å². The average Bonchev–Trinajstić information content (AvgIpc) is 2.28. The largest absolute Gasteiger partial charge is 0.256 e. The predicted octanol–water partition coefficient (Wildman–Crippen LogP) is 3.85. The van der Waals surface area contributed by atoms with Crippen LogP contribution in [0.3, 0.4) is 0 Å². The first-order valence-corrected chi connectivity index (χ1v) is 5.36. The Bertz CT molecular complexity index is 555. The van der Waals surface area contributed by atoms with Crippen molar-refractivity contribution in [2.45, 2.75) is 19.3 Å². The van der Waals surface area contributed by atoms with Crippen LogP contribution < -0.4 is 0 Å². The molecule has 1 aromatic carbocycles. The Labute approximate surface area is 96.1 Å². The standard InChI is InChI=1S/C15H15N/c1-4-10-15(2,3)13-9-5-7-12-8-6-11-16-14(12)13/h5-11H,1H2,2-3H3. The third kappa shape index (κ3) is 1.78. The van der Waals surface area contributed by atoms with Gasteiger partial charge < -0.3 is 0 Å². The third-order valence-corrected chi connectivity index (χ3v) is 2.79. The van der Waals surface area contributed by atoms with Crippen LogP contribution >= 0.6 is 0 Å². The normalized spacial score (nSPS) is 11.1. The maximum atomic E-state index is 4.46. The fraction of sp³-hybridized carbons (Fsp3) is 0.200. The van der Waals surface area contributed by atoms with Crippen LogP contribution in [0.2, 0.25) is 0 Å². The zero-order valence-corrected chi connectivity index (χ0v) is 9.70. The molecule has 0 amide bonds. The number of rotatable bonds is 2. The molecule has 1 heteroatoms. The summed E-state index contributed by atoms with van der Waals surface area (Å²) in [5, 5.41) is 1.17. The number of pyridine rings is 1. The second kappa shape index (κ2) is 3.96. The molecule has 0 saturated carbocycles. The molecule has 0 spiro atoms. The van der Waals surface area contributed by atoms with Crippen LogP contribution in [0.4, 0.5) is 0 Å². The van der Waals surface area contributed by atoms with Crippen LogP contribution in [0.1, 0.15) is 19.4 Å². The third-order valence-electron chi connectivity index (χ3n) is 2.79. The van der Waals surface area contributed by atoms with Crippen molar-refractivity contribution < 1.29 is 0 Å². The molecule has 1 nitrogen and oxygen atoms in total. The van der Waals surface area contributed by atoms with Crippen LogP contribution in [0.15, 0.2) is 54.9 Å². The van der Waals surface area contributed by atoms with Gasteiger partial charge >= 0.3 is 0 Å². The van der Waals surface area contributed by atoms with Crippen molar-refractivity contribution in [2.75, 3.05) is 0 Å². The fourth-order valence-electron chi connectivity index (χ4n) is 1.96. The lowest BCUT2D eigenvalue weighted by Gasteiger charge is -2.21. The summed E-state index contributed by atoms with van der Waals surface area (Å²) in [5.74, 6) is 0. The number of allylic oxidation sites excluding steroid dienone is 1. The van der Waals surface area contributed by atoms with Gasteiger partial charge in [0.05, 0.1) is 5.52 Å². The Morgan fingerprint density at radius 1 is 1.25 bits per heavy atom. The molecule has 16 heavy (non-hydrogen) atoms. The molecule has 0 fully saturated rings. The first kappa shape index (κ1) is 10.7. The van der Waals surface area contributed by atoms with Gasteiger partial charge in [0.15, 0.2) is 0 Å². The highest BCUT2D eigenvalue weighted by atomic mass is 14.7. The van der Waals surface area contributed by atoms with E-state index in [-0.39, 0.29) is 5.41 Å². The Balaban J connectivity index is 2.74. The van der Waals surface area contributed by atoms with Crippen molar-refractivity contribution >= 4 is 10.9 Å². The molecular formula is C15H15N. The first-order valence-electron chi connectivity index (χ1n) is 5.36. The van der Waals surface area contributed by atoms with Crippen LogP contribution in [-0.4, -0.2) is 4.98 Å². The Kier molecular flexibility index (Phi) is 2.64.